The van der Waals surface area contributed by atoms with E-state index in [1.807, 2.05) is 0 Å². The molecule has 6 nitrogen and oxygen atoms in total. The molecule has 1 N–H and O–H groups in total. The van der Waals surface area contributed by atoms with Crippen LogP contribution in [0.2, 0.25) is 0 Å². The van der Waals surface area contributed by atoms with Crippen LogP contribution < -0.4 is 10.1 Å². The molecule has 0 spiro atoms. The summed E-state index contributed by atoms with van der Waals surface area (Å²) in [6.07, 6.45) is -8.20. The third kappa shape index (κ3) is 5.53. The Morgan fingerprint density at radius 1 is 1.10 bits per heavy atom. The van der Waals surface area contributed by atoms with E-state index in [0.29, 0.717) is 5.69 Å². The Morgan fingerprint density at radius 3 is 2.42 bits per heavy atom. The van der Waals surface area contributed by atoms with Gasteiger partial charge in [0, 0.05) is 18.3 Å². The van der Waals surface area contributed by atoms with Crippen LogP contribution in [0.15, 0.2) is 48.7 Å². The smallest absolute Gasteiger partial charge is 0.422 e. The molecule has 0 aliphatic heterocycles. The largest absolute Gasteiger partial charge is 0.468 e. The molecule has 3 rings (SSSR count). The molecule has 2 aromatic heterocycles. The van der Waals surface area contributed by atoms with E-state index in [1.165, 1.54) is 37.3 Å². The van der Waals surface area contributed by atoms with Gasteiger partial charge in [-0.2, -0.15) is 31.4 Å². The summed E-state index contributed by atoms with van der Waals surface area (Å²) in [5, 5.41) is 6.46. The van der Waals surface area contributed by atoms with E-state index in [2.05, 4.69) is 20.1 Å². The topological polar surface area (TPSA) is 69.0 Å². The van der Waals surface area contributed by atoms with E-state index < -0.39 is 30.4 Å². The summed E-state index contributed by atoms with van der Waals surface area (Å²) in [4.78, 5) is 16.1. The molecule has 12 heteroatoms. The number of hydrogen-bond donors (Lipinski definition) is 1. The third-order valence-electron chi connectivity index (χ3n) is 3.89. The normalized spacial score (nSPS) is 12.0. The minimum atomic E-state index is -4.64. The fourth-order valence-electron chi connectivity index (χ4n) is 2.61. The molecule has 0 atom stereocenters. The number of aromatic nitrogens is 3. The van der Waals surface area contributed by atoms with Gasteiger partial charge in [-0.05, 0) is 25.1 Å². The summed E-state index contributed by atoms with van der Waals surface area (Å²) in [7, 11) is 0. The number of nitrogens with one attached hydrogen (secondary N) is 1. The van der Waals surface area contributed by atoms with Crippen molar-refractivity contribution < 1.29 is 35.9 Å². The Bertz CT molecular complexity index is 1070. The van der Waals surface area contributed by atoms with E-state index in [0.717, 1.165) is 23.0 Å². The molecule has 0 bridgehead atoms. The lowest BCUT2D eigenvalue weighted by molar-refractivity contribution is -0.154. The Labute approximate surface area is 171 Å². The number of carbonyl (C=O) groups excluding carboxylic acids is 1. The second-order valence-electron chi connectivity index (χ2n) is 6.34. The maximum absolute atomic E-state index is 13.4. The monoisotopic (exact) mass is 444 g/mol. The molecule has 2 heterocycles. The number of amides is 1. The Hall–Kier alpha value is -3.57. The molecule has 0 fully saturated rings. The van der Waals surface area contributed by atoms with E-state index >= 15 is 0 Å². The lowest BCUT2D eigenvalue weighted by Gasteiger charge is -2.15. The van der Waals surface area contributed by atoms with E-state index in [4.69, 9.17) is 0 Å². The number of ether oxygens (including phenoxy) is 1. The number of hydrogen-bond acceptors (Lipinski definition) is 4. The van der Waals surface area contributed by atoms with Crippen LogP contribution in [0.1, 0.15) is 21.6 Å². The molecule has 1 aromatic carbocycles. The van der Waals surface area contributed by atoms with Crippen LogP contribution in [0.4, 0.5) is 32.2 Å². The van der Waals surface area contributed by atoms with Crippen LogP contribution in [0.25, 0.3) is 5.69 Å². The van der Waals surface area contributed by atoms with Gasteiger partial charge in [-0.25, -0.2) is 9.67 Å². The molecule has 3 aromatic rings. The first-order valence-electron chi connectivity index (χ1n) is 8.64. The predicted molar refractivity (Wildman–Crippen MR) is 97.0 cm³/mol. The van der Waals surface area contributed by atoms with Gasteiger partial charge in [-0.15, -0.1) is 0 Å². The summed E-state index contributed by atoms with van der Waals surface area (Å²) in [5.41, 5.74) is -0.927. The predicted octanol–water partition coefficient (Wildman–Crippen LogP) is 4.79. The first-order valence-corrected chi connectivity index (χ1v) is 8.64. The Morgan fingerprint density at radius 2 is 1.81 bits per heavy atom. The van der Waals surface area contributed by atoms with E-state index in [9.17, 15) is 31.1 Å². The second kappa shape index (κ2) is 8.28. The highest BCUT2D eigenvalue weighted by atomic mass is 19.4. The number of pyridine rings is 1. The lowest BCUT2D eigenvalue weighted by atomic mass is 10.1. The van der Waals surface area contributed by atoms with Crippen LogP contribution >= 0.6 is 0 Å². The van der Waals surface area contributed by atoms with Crippen LogP contribution in [-0.4, -0.2) is 33.5 Å². The van der Waals surface area contributed by atoms with Crippen molar-refractivity contribution in [3.63, 3.8) is 0 Å². The number of halogens is 6. The summed E-state index contributed by atoms with van der Waals surface area (Å²) < 4.78 is 82.0. The van der Waals surface area contributed by atoms with Crippen molar-refractivity contribution in [2.75, 3.05) is 11.9 Å². The second-order valence-corrected chi connectivity index (χ2v) is 6.34. The molecule has 0 unspecified atom stereocenters. The number of para-hydroxylation sites is 1. The van der Waals surface area contributed by atoms with Gasteiger partial charge in [-0.3, -0.25) is 4.79 Å². The van der Waals surface area contributed by atoms with Gasteiger partial charge in [0.2, 0.25) is 5.88 Å². The van der Waals surface area contributed by atoms with E-state index in [1.54, 1.807) is 0 Å². The minimum Gasteiger partial charge on any atom is -0.468 e. The average molecular weight is 444 g/mol. The van der Waals surface area contributed by atoms with Crippen LogP contribution in [0.3, 0.4) is 0 Å². The molecule has 0 radical (unpaired) electrons. The van der Waals surface area contributed by atoms with Crippen LogP contribution in [0.5, 0.6) is 5.88 Å². The maximum Gasteiger partial charge on any atom is 0.422 e. The van der Waals surface area contributed by atoms with Crippen molar-refractivity contribution in [2.24, 2.45) is 0 Å². The highest BCUT2D eigenvalue weighted by molar-refractivity contribution is 6.03. The number of benzene rings is 1. The third-order valence-corrected chi connectivity index (χ3v) is 3.89. The molecule has 0 aliphatic carbocycles. The highest BCUT2D eigenvalue weighted by Gasteiger charge is 2.34. The molecule has 0 saturated heterocycles. The molecular formula is C19H14F6N4O2. The van der Waals surface area contributed by atoms with Crippen molar-refractivity contribution in [1.29, 1.82) is 0 Å². The zero-order chi connectivity index (χ0) is 22.8. The number of nitrogens with zero attached hydrogens (tertiary/aromatic N) is 3. The van der Waals surface area contributed by atoms with Crippen molar-refractivity contribution >= 4 is 11.7 Å². The Balaban J connectivity index is 1.83. The maximum atomic E-state index is 13.4. The summed E-state index contributed by atoms with van der Waals surface area (Å²) in [6, 6.07) is 8.35. The van der Waals surface area contributed by atoms with Gasteiger partial charge in [0.05, 0.1) is 22.5 Å². The quantitative estimate of drug-likeness (QED) is 0.575. The van der Waals surface area contributed by atoms with Gasteiger partial charge in [0.1, 0.15) is 5.82 Å². The molecule has 0 saturated carbocycles. The number of alkyl halides is 6. The van der Waals surface area contributed by atoms with Gasteiger partial charge < -0.3 is 10.1 Å². The molecule has 1 amide bonds. The van der Waals surface area contributed by atoms with Crippen molar-refractivity contribution in [2.45, 2.75) is 19.3 Å². The molecular weight excluding hydrogens is 430 g/mol. The zero-order valence-electron chi connectivity index (χ0n) is 15.8. The summed E-state index contributed by atoms with van der Waals surface area (Å²) >= 11 is 0. The van der Waals surface area contributed by atoms with E-state index in [-0.39, 0.29) is 22.9 Å². The fourth-order valence-corrected chi connectivity index (χ4v) is 2.61. The number of carbonyl (C=O) groups is 1. The van der Waals surface area contributed by atoms with Gasteiger partial charge in [0.25, 0.3) is 5.91 Å². The molecule has 0 aliphatic rings. The fraction of sp³-hybridized carbons (Fsp3) is 0.211. The zero-order valence-corrected chi connectivity index (χ0v) is 15.8. The van der Waals surface area contributed by atoms with Crippen LogP contribution in [0, 0.1) is 6.92 Å². The van der Waals surface area contributed by atoms with Crippen molar-refractivity contribution in [3.8, 4) is 11.6 Å². The van der Waals surface area contributed by atoms with Gasteiger partial charge in [-0.1, -0.05) is 12.1 Å². The number of aryl methyl sites for hydroxylation is 1. The SMILES string of the molecule is Cc1cc(NC(=O)c2ccc(OCC(F)(F)F)nc2)n(-c2ccccc2C(F)(F)F)n1. The summed E-state index contributed by atoms with van der Waals surface area (Å²) in [5.74, 6) is -1.12. The first-order chi connectivity index (χ1) is 14.4. The first kappa shape index (κ1) is 22.1. The van der Waals surface area contributed by atoms with Crippen LogP contribution in [-0.2, 0) is 6.18 Å². The summed E-state index contributed by atoms with van der Waals surface area (Å²) in [6.45, 7) is -0.000679. The Kier molecular flexibility index (Phi) is 5.91. The number of rotatable bonds is 5. The van der Waals surface area contributed by atoms with Crippen molar-refractivity contribution in [1.82, 2.24) is 14.8 Å². The molecule has 31 heavy (non-hydrogen) atoms. The van der Waals surface area contributed by atoms with Crippen molar-refractivity contribution in [3.05, 3.63) is 65.5 Å². The highest BCUT2D eigenvalue weighted by Crippen LogP contribution is 2.34. The molecule has 164 valence electrons. The minimum absolute atomic E-state index is 0.0309. The number of anilines is 1. The average Bonchev–Trinajstić information content (AvgIpc) is 3.05. The standard InChI is InChI=1S/C19H14F6N4O2/c1-11-8-15(29(28-11)14-5-3-2-4-13(14)19(23,24)25)27-17(30)12-6-7-16(26-9-12)31-10-18(20,21)22/h2-9H,10H2,1H3,(H,27,30). The lowest BCUT2D eigenvalue weighted by Crippen LogP contribution is -2.20. The van der Waals surface area contributed by atoms with Gasteiger partial charge >= 0.3 is 12.4 Å². The van der Waals surface area contributed by atoms with Gasteiger partial charge in [0.15, 0.2) is 6.61 Å².